The first-order valence-corrected chi connectivity index (χ1v) is 4.17. The maximum atomic E-state index is 10.7. The average Bonchev–Trinajstić information content (AvgIpc) is 2.16. The minimum atomic E-state index is -1.37. The molecule has 0 aliphatic carbocycles. The lowest BCUT2D eigenvalue weighted by molar-refractivity contribution is -0.385. The molecule has 1 rings (SSSR count). The maximum Gasteiger partial charge on any atom is 0.325 e. The molecule has 80 valence electrons. The summed E-state index contributed by atoms with van der Waals surface area (Å²) in [5.41, 5.74) is 5.66. The number of carboxylic acids is 1. The molecule has 0 aromatic heterocycles. The number of carboxylic acid groups (broad SMARTS) is 1. The monoisotopic (exact) mass is 210 g/mol. The van der Waals surface area contributed by atoms with Gasteiger partial charge in [0.1, 0.15) is 6.04 Å². The van der Waals surface area contributed by atoms with Crippen LogP contribution in [0.4, 0.5) is 5.69 Å². The number of carbonyl (C=O) groups is 1. The fourth-order valence-corrected chi connectivity index (χ4v) is 1.35. The van der Waals surface area contributed by atoms with Gasteiger partial charge in [-0.25, -0.2) is 0 Å². The molecular weight excluding hydrogens is 200 g/mol. The molecule has 0 saturated carbocycles. The molecule has 0 spiro atoms. The Morgan fingerprint density at radius 3 is 2.67 bits per heavy atom. The summed E-state index contributed by atoms with van der Waals surface area (Å²) in [7, 11) is 0. The zero-order valence-corrected chi connectivity index (χ0v) is 8.01. The largest absolute Gasteiger partial charge is 0.480 e. The number of nitro benzene ring substituents is 1. The third kappa shape index (κ3) is 2.10. The number of nitrogens with zero attached hydrogens (tertiary/aromatic N) is 1. The Hall–Kier alpha value is -1.95. The van der Waals surface area contributed by atoms with Crippen molar-refractivity contribution in [1.29, 1.82) is 0 Å². The van der Waals surface area contributed by atoms with Gasteiger partial charge in [-0.05, 0) is 12.5 Å². The van der Waals surface area contributed by atoms with Crippen LogP contribution in [0.2, 0.25) is 0 Å². The van der Waals surface area contributed by atoms with Crippen LogP contribution in [-0.2, 0) is 4.79 Å². The third-order valence-corrected chi connectivity index (χ3v) is 2.07. The van der Waals surface area contributed by atoms with Gasteiger partial charge in [0.05, 0.1) is 10.5 Å². The van der Waals surface area contributed by atoms with E-state index in [1.165, 1.54) is 12.1 Å². The van der Waals surface area contributed by atoms with Crippen molar-refractivity contribution in [3.05, 3.63) is 39.4 Å². The summed E-state index contributed by atoms with van der Waals surface area (Å²) >= 11 is 0. The molecule has 0 bridgehead atoms. The highest BCUT2D eigenvalue weighted by molar-refractivity contribution is 5.77. The van der Waals surface area contributed by atoms with Crippen molar-refractivity contribution in [3.8, 4) is 0 Å². The molecule has 0 aliphatic rings. The van der Waals surface area contributed by atoms with E-state index in [4.69, 9.17) is 10.8 Å². The van der Waals surface area contributed by atoms with Crippen LogP contribution in [0.3, 0.4) is 0 Å². The maximum absolute atomic E-state index is 10.7. The van der Waals surface area contributed by atoms with E-state index >= 15 is 0 Å². The van der Waals surface area contributed by atoms with E-state index in [0.717, 1.165) is 0 Å². The van der Waals surface area contributed by atoms with E-state index in [1.54, 1.807) is 13.0 Å². The second kappa shape index (κ2) is 4.05. The summed E-state index contributed by atoms with van der Waals surface area (Å²) in [6.45, 7) is 1.59. The first kappa shape index (κ1) is 11.1. The molecule has 1 atom stereocenters. The predicted molar refractivity (Wildman–Crippen MR) is 52.4 cm³/mol. The minimum absolute atomic E-state index is 0.0509. The smallest absolute Gasteiger partial charge is 0.325 e. The van der Waals surface area contributed by atoms with Crippen LogP contribution in [0.25, 0.3) is 0 Å². The van der Waals surface area contributed by atoms with E-state index in [1.807, 2.05) is 0 Å². The van der Waals surface area contributed by atoms with Crippen LogP contribution in [0, 0.1) is 17.0 Å². The Morgan fingerprint density at radius 2 is 2.20 bits per heavy atom. The van der Waals surface area contributed by atoms with E-state index in [0.29, 0.717) is 5.56 Å². The lowest BCUT2D eigenvalue weighted by Crippen LogP contribution is -2.22. The molecule has 1 aromatic carbocycles. The van der Waals surface area contributed by atoms with Gasteiger partial charge in [0.15, 0.2) is 0 Å². The van der Waals surface area contributed by atoms with Crippen LogP contribution in [0.5, 0.6) is 0 Å². The van der Waals surface area contributed by atoms with Gasteiger partial charge in [-0.15, -0.1) is 0 Å². The molecule has 6 heteroatoms. The number of rotatable bonds is 3. The summed E-state index contributed by atoms with van der Waals surface area (Å²) < 4.78 is 0. The van der Waals surface area contributed by atoms with Crippen LogP contribution in [0.15, 0.2) is 18.2 Å². The van der Waals surface area contributed by atoms with Crippen LogP contribution in [0.1, 0.15) is 17.2 Å². The highest BCUT2D eigenvalue weighted by Gasteiger charge is 2.25. The molecule has 15 heavy (non-hydrogen) atoms. The van der Waals surface area contributed by atoms with Gasteiger partial charge in [-0.1, -0.05) is 12.1 Å². The van der Waals surface area contributed by atoms with E-state index < -0.39 is 16.9 Å². The molecule has 1 unspecified atom stereocenters. The van der Waals surface area contributed by atoms with Crippen molar-refractivity contribution in [1.82, 2.24) is 0 Å². The second-order valence-corrected chi connectivity index (χ2v) is 3.08. The van der Waals surface area contributed by atoms with Crippen molar-refractivity contribution in [2.24, 2.45) is 5.73 Å². The van der Waals surface area contributed by atoms with Crippen molar-refractivity contribution in [3.63, 3.8) is 0 Å². The summed E-state index contributed by atoms with van der Waals surface area (Å²) in [4.78, 5) is 20.7. The standard InChI is InChI=1S/C9H10N2O4/c1-5-3-2-4-6(11(14)15)7(5)8(10)9(12)13/h2-4,8H,10H2,1H3,(H,12,13). The number of hydrogen-bond donors (Lipinski definition) is 2. The van der Waals surface area contributed by atoms with Gasteiger partial charge in [-0.2, -0.15) is 0 Å². The molecule has 0 aliphatic heterocycles. The Kier molecular flexibility index (Phi) is 3.01. The highest BCUT2D eigenvalue weighted by Crippen LogP contribution is 2.26. The van der Waals surface area contributed by atoms with Crippen LogP contribution >= 0.6 is 0 Å². The fraction of sp³-hybridized carbons (Fsp3) is 0.222. The van der Waals surface area contributed by atoms with Crippen molar-refractivity contribution in [2.75, 3.05) is 0 Å². The first-order chi connectivity index (χ1) is 6.95. The Balaban J connectivity index is 3.37. The van der Waals surface area contributed by atoms with Gasteiger partial charge < -0.3 is 10.8 Å². The molecule has 6 nitrogen and oxygen atoms in total. The molecule has 0 saturated heterocycles. The second-order valence-electron chi connectivity index (χ2n) is 3.08. The summed E-state index contributed by atoms with van der Waals surface area (Å²) in [5.74, 6) is -1.28. The Bertz CT molecular complexity index is 417. The minimum Gasteiger partial charge on any atom is -0.480 e. The number of benzene rings is 1. The number of hydrogen-bond acceptors (Lipinski definition) is 4. The zero-order chi connectivity index (χ0) is 11.6. The molecule has 0 amide bonds. The molecule has 1 aromatic rings. The lowest BCUT2D eigenvalue weighted by atomic mass is 10.00. The number of nitro groups is 1. The molecule has 3 N–H and O–H groups in total. The summed E-state index contributed by atoms with van der Waals surface area (Å²) in [5, 5.41) is 19.4. The van der Waals surface area contributed by atoms with Crippen molar-refractivity contribution < 1.29 is 14.8 Å². The molecule has 0 radical (unpaired) electrons. The predicted octanol–water partition coefficient (Wildman–Crippen LogP) is 0.988. The van der Waals surface area contributed by atoms with E-state index in [-0.39, 0.29) is 11.3 Å². The van der Waals surface area contributed by atoms with Crippen LogP contribution in [-0.4, -0.2) is 16.0 Å². The van der Waals surface area contributed by atoms with Gasteiger partial charge in [-0.3, -0.25) is 14.9 Å². The van der Waals surface area contributed by atoms with Gasteiger partial charge in [0.25, 0.3) is 5.69 Å². The Morgan fingerprint density at radius 1 is 1.60 bits per heavy atom. The highest BCUT2D eigenvalue weighted by atomic mass is 16.6. The van der Waals surface area contributed by atoms with E-state index in [9.17, 15) is 14.9 Å². The van der Waals surface area contributed by atoms with Gasteiger partial charge in [0, 0.05) is 6.07 Å². The normalized spacial score (nSPS) is 12.1. The third-order valence-electron chi connectivity index (χ3n) is 2.07. The number of nitrogens with two attached hydrogens (primary N) is 1. The van der Waals surface area contributed by atoms with Gasteiger partial charge in [0.2, 0.25) is 0 Å². The molecular formula is C9H10N2O4. The summed E-state index contributed by atoms with van der Waals surface area (Å²) in [6.07, 6.45) is 0. The average molecular weight is 210 g/mol. The number of aryl methyl sites for hydroxylation is 1. The Labute approximate surface area is 85.5 Å². The SMILES string of the molecule is Cc1cccc([N+](=O)[O-])c1C(N)C(=O)O. The summed E-state index contributed by atoms with van der Waals surface area (Å²) in [6, 6.07) is 2.95. The van der Waals surface area contributed by atoms with Gasteiger partial charge >= 0.3 is 5.97 Å². The fourth-order valence-electron chi connectivity index (χ4n) is 1.35. The lowest BCUT2D eigenvalue weighted by Gasteiger charge is -2.10. The molecule has 0 fully saturated rings. The zero-order valence-electron chi connectivity index (χ0n) is 8.01. The van der Waals surface area contributed by atoms with E-state index in [2.05, 4.69) is 0 Å². The first-order valence-electron chi connectivity index (χ1n) is 4.17. The van der Waals surface area contributed by atoms with Crippen LogP contribution < -0.4 is 5.73 Å². The quantitative estimate of drug-likeness (QED) is 0.571. The number of aliphatic carboxylic acids is 1. The van der Waals surface area contributed by atoms with Crippen molar-refractivity contribution in [2.45, 2.75) is 13.0 Å². The van der Waals surface area contributed by atoms with Crippen molar-refractivity contribution >= 4 is 11.7 Å². The topological polar surface area (TPSA) is 106 Å². The molecule has 0 heterocycles.